The van der Waals surface area contributed by atoms with Gasteiger partial charge in [-0.2, -0.15) is 0 Å². The lowest BCUT2D eigenvalue weighted by Crippen LogP contribution is -2.49. The molecule has 0 saturated carbocycles. The van der Waals surface area contributed by atoms with E-state index in [9.17, 15) is 13.2 Å². The molecule has 2 aliphatic heterocycles. The number of hydrogen-bond donors (Lipinski definition) is 0. The molecule has 1 aromatic carbocycles. The first-order valence-corrected chi connectivity index (χ1v) is 11.5. The van der Waals surface area contributed by atoms with Crippen LogP contribution in [-0.4, -0.2) is 47.8 Å². The maximum absolute atomic E-state index is 13.1. The monoisotopic (exact) mass is 378 g/mol. The number of carbonyl (C=O) groups is 1. The van der Waals surface area contributed by atoms with Crippen molar-refractivity contribution in [2.24, 2.45) is 0 Å². The Kier molecular flexibility index (Phi) is 4.11. The van der Waals surface area contributed by atoms with Gasteiger partial charge in [0.25, 0.3) is 5.91 Å². The van der Waals surface area contributed by atoms with E-state index in [0.29, 0.717) is 18.4 Å². The second kappa shape index (κ2) is 6.06. The summed E-state index contributed by atoms with van der Waals surface area (Å²) in [6.07, 6.45) is 5.17. The van der Waals surface area contributed by atoms with Crippen LogP contribution in [0, 0.1) is 0 Å². The van der Waals surface area contributed by atoms with Crippen LogP contribution in [0.4, 0.5) is 0 Å². The maximum atomic E-state index is 13.1. The Hall–Kier alpha value is -1.47. The summed E-state index contributed by atoms with van der Waals surface area (Å²) >= 11 is 1.64. The highest BCUT2D eigenvalue weighted by Gasteiger charge is 2.46. The molecule has 25 heavy (non-hydrogen) atoms. The third-order valence-corrected chi connectivity index (χ3v) is 8.27. The standard InChI is InChI=1S/C18H22N2O3S2/c1-3-17-19-15-7-4-11(8-16(15)24-17)18(21)20-12-5-6-13(20)10-14(9-12)25(2,22)23/h4,7-8,12-14H,3,5-6,9-10H2,1-2H3. The Balaban J connectivity index is 1.61. The Morgan fingerprint density at radius 1 is 1.28 bits per heavy atom. The molecule has 0 N–H and O–H groups in total. The van der Waals surface area contributed by atoms with Gasteiger partial charge in [0.1, 0.15) is 9.84 Å². The molecule has 2 atom stereocenters. The van der Waals surface area contributed by atoms with Crippen LogP contribution >= 0.6 is 11.3 Å². The number of benzene rings is 1. The van der Waals surface area contributed by atoms with Gasteiger partial charge in [0, 0.05) is 23.9 Å². The summed E-state index contributed by atoms with van der Waals surface area (Å²) in [5.74, 6) is 0.0350. The number of hydrogen-bond acceptors (Lipinski definition) is 5. The number of sulfone groups is 1. The first-order valence-electron chi connectivity index (χ1n) is 8.78. The predicted molar refractivity (Wildman–Crippen MR) is 99.8 cm³/mol. The average Bonchev–Trinajstić information content (AvgIpc) is 3.10. The Labute approximate surface area is 152 Å². The van der Waals surface area contributed by atoms with Crippen molar-refractivity contribution in [2.75, 3.05) is 6.26 Å². The molecule has 0 aliphatic carbocycles. The third-order valence-electron chi connectivity index (χ3n) is 5.51. The zero-order valence-electron chi connectivity index (χ0n) is 14.4. The van der Waals surface area contributed by atoms with Crippen molar-refractivity contribution in [2.45, 2.75) is 56.4 Å². The van der Waals surface area contributed by atoms with Gasteiger partial charge in [-0.3, -0.25) is 4.79 Å². The molecule has 2 aromatic rings. The summed E-state index contributed by atoms with van der Waals surface area (Å²) in [6.45, 7) is 2.08. The lowest BCUT2D eigenvalue weighted by atomic mass is 10.0. The van der Waals surface area contributed by atoms with Crippen molar-refractivity contribution < 1.29 is 13.2 Å². The van der Waals surface area contributed by atoms with Gasteiger partial charge in [-0.15, -0.1) is 11.3 Å². The number of rotatable bonds is 3. The first kappa shape index (κ1) is 17.0. The van der Waals surface area contributed by atoms with E-state index in [0.717, 1.165) is 34.5 Å². The van der Waals surface area contributed by atoms with E-state index in [2.05, 4.69) is 11.9 Å². The number of fused-ring (bicyclic) bond motifs is 3. The first-order chi connectivity index (χ1) is 11.9. The van der Waals surface area contributed by atoms with E-state index in [1.165, 1.54) is 6.26 Å². The minimum absolute atomic E-state index is 0.0350. The van der Waals surface area contributed by atoms with Crippen molar-refractivity contribution in [3.63, 3.8) is 0 Å². The number of aryl methyl sites for hydroxylation is 1. The smallest absolute Gasteiger partial charge is 0.254 e. The summed E-state index contributed by atoms with van der Waals surface area (Å²) in [6, 6.07) is 5.81. The quantitative estimate of drug-likeness (QED) is 0.823. The summed E-state index contributed by atoms with van der Waals surface area (Å²) in [5.41, 5.74) is 1.63. The fraction of sp³-hybridized carbons (Fsp3) is 0.556. The van der Waals surface area contributed by atoms with Crippen LogP contribution in [-0.2, 0) is 16.3 Å². The van der Waals surface area contributed by atoms with E-state index in [1.54, 1.807) is 11.3 Å². The van der Waals surface area contributed by atoms with Crippen LogP contribution in [0.1, 0.15) is 48.0 Å². The molecule has 0 radical (unpaired) electrons. The van der Waals surface area contributed by atoms with Crippen molar-refractivity contribution in [3.05, 3.63) is 28.8 Å². The molecule has 2 bridgehead atoms. The number of nitrogens with zero attached hydrogens (tertiary/aromatic N) is 2. The summed E-state index contributed by atoms with van der Waals surface area (Å²) in [5, 5.41) is 0.777. The average molecular weight is 379 g/mol. The number of carbonyl (C=O) groups excluding carboxylic acids is 1. The predicted octanol–water partition coefficient (Wildman–Crippen LogP) is 3.04. The van der Waals surface area contributed by atoms with Crippen LogP contribution in [0.3, 0.4) is 0 Å². The van der Waals surface area contributed by atoms with Gasteiger partial charge in [0.15, 0.2) is 0 Å². The second-order valence-corrected chi connectivity index (χ2v) is 10.6. The highest BCUT2D eigenvalue weighted by atomic mass is 32.2. The molecule has 1 amide bonds. The van der Waals surface area contributed by atoms with Crippen LogP contribution in [0.5, 0.6) is 0 Å². The molecule has 3 heterocycles. The van der Waals surface area contributed by atoms with Crippen molar-refractivity contribution in [1.82, 2.24) is 9.88 Å². The molecule has 134 valence electrons. The van der Waals surface area contributed by atoms with Crippen LogP contribution in [0.15, 0.2) is 18.2 Å². The Morgan fingerprint density at radius 2 is 1.96 bits per heavy atom. The molecular weight excluding hydrogens is 356 g/mol. The van der Waals surface area contributed by atoms with Gasteiger partial charge in [0.2, 0.25) is 0 Å². The molecule has 4 rings (SSSR count). The SMILES string of the molecule is CCc1nc2ccc(C(=O)N3C4CCC3CC(S(C)(=O)=O)C4)cc2s1. The number of thiazole rings is 1. The summed E-state index contributed by atoms with van der Waals surface area (Å²) in [4.78, 5) is 19.6. The zero-order chi connectivity index (χ0) is 17.8. The van der Waals surface area contributed by atoms with Crippen molar-refractivity contribution in [3.8, 4) is 0 Å². The second-order valence-electron chi connectivity index (χ2n) is 7.16. The van der Waals surface area contributed by atoms with Gasteiger partial charge in [0.05, 0.1) is 20.5 Å². The van der Waals surface area contributed by atoms with Crippen LogP contribution in [0.25, 0.3) is 10.2 Å². The fourth-order valence-corrected chi connectivity index (χ4v) is 6.30. The van der Waals surface area contributed by atoms with Crippen molar-refractivity contribution >= 4 is 37.3 Å². The highest BCUT2D eigenvalue weighted by molar-refractivity contribution is 7.91. The molecule has 2 saturated heterocycles. The zero-order valence-corrected chi connectivity index (χ0v) is 16.1. The number of aromatic nitrogens is 1. The Bertz CT molecular complexity index is 921. The molecule has 5 nitrogen and oxygen atoms in total. The molecule has 1 aromatic heterocycles. The molecule has 7 heteroatoms. The summed E-state index contributed by atoms with van der Waals surface area (Å²) in [7, 11) is -3.04. The van der Waals surface area contributed by atoms with E-state index in [1.807, 2.05) is 23.1 Å². The lowest BCUT2D eigenvalue weighted by molar-refractivity contribution is 0.0598. The number of amides is 1. The molecular formula is C18H22N2O3S2. The molecule has 0 spiro atoms. The fourth-order valence-electron chi connectivity index (χ4n) is 4.21. The van der Waals surface area contributed by atoms with E-state index >= 15 is 0 Å². The van der Waals surface area contributed by atoms with Crippen LogP contribution < -0.4 is 0 Å². The van der Waals surface area contributed by atoms with Gasteiger partial charge in [-0.05, 0) is 50.3 Å². The topological polar surface area (TPSA) is 67.3 Å². The maximum Gasteiger partial charge on any atom is 0.254 e. The minimum Gasteiger partial charge on any atom is -0.333 e. The lowest BCUT2D eigenvalue weighted by Gasteiger charge is -2.38. The van der Waals surface area contributed by atoms with Gasteiger partial charge in [-0.25, -0.2) is 13.4 Å². The van der Waals surface area contributed by atoms with Crippen molar-refractivity contribution in [1.29, 1.82) is 0 Å². The minimum atomic E-state index is -3.04. The van der Waals surface area contributed by atoms with Gasteiger partial charge >= 0.3 is 0 Å². The van der Waals surface area contributed by atoms with E-state index in [4.69, 9.17) is 0 Å². The van der Waals surface area contributed by atoms with Gasteiger partial charge < -0.3 is 4.90 Å². The summed E-state index contributed by atoms with van der Waals surface area (Å²) < 4.78 is 24.9. The van der Waals surface area contributed by atoms with Crippen LogP contribution in [0.2, 0.25) is 0 Å². The molecule has 2 fully saturated rings. The third kappa shape index (κ3) is 2.97. The molecule has 2 aliphatic rings. The number of piperidine rings is 1. The highest BCUT2D eigenvalue weighted by Crippen LogP contribution is 2.39. The van der Waals surface area contributed by atoms with E-state index in [-0.39, 0.29) is 23.2 Å². The van der Waals surface area contributed by atoms with E-state index < -0.39 is 9.84 Å². The normalized spacial score (nSPS) is 26.3. The molecule has 2 unspecified atom stereocenters. The Morgan fingerprint density at radius 3 is 2.56 bits per heavy atom. The largest absolute Gasteiger partial charge is 0.333 e. The van der Waals surface area contributed by atoms with Gasteiger partial charge in [-0.1, -0.05) is 6.92 Å².